The van der Waals surface area contributed by atoms with E-state index >= 15 is 0 Å². The lowest BCUT2D eigenvalue weighted by molar-refractivity contribution is -0.154. The second kappa shape index (κ2) is 47.8. The maximum atomic E-state index is 12.6. The number of rotatable bonds is 48. The van der Waals surface area contributed by atoms with Crippen LogP contribution in [0.15, 0.2) is 36.5 Å². The molecule has 0 aliphatic rings. The van der Waals surface area contributed by atoms with E-state index in [1.807, 2.05) is 0 Å². The van der Waals surface area contributed by atoms with Crippen molar-refractivity contribution in [3.63, 3.8) is 0 Å². The molecular formula is C50H96NO7P. The van der Waals surface area contributed by atoms with Gasteiger partial charge in [0.25, 0.3) is 0 Å². The van der Waals surface area contributed by atoms with E-state index in [1.54, 1.807) is 0 Å². The summed E-state index contributed by atoms with van der Waals surface area (Å²) in [6, 6.07) is 0. The zero-order valence-electron chi connectivity index (χ0n) is 38.7. The Morgan fingerprint density at radius 3 is 1.42 bits per heavy atom. The van der Waals surface area contributed by atoms with E-state index in [9.17, 15) is 14.3 Å². The summed E-state index contributed by atoms with van der Waals surface area (Å²) in [5, 5.41) is 0. The van der Waals surface area contributed by atoms with Crippen LogP contribution >= 0.6 is 7.82 Å². The molecule has 0 saturated carbocycles. The van der Waals surface area contributed by atoms with Crippen LogP contribution in [0.4, 0.5) is 0 Å². The molecule has 0 saturated heterocycles. The van der Waals surface area contributed by atoms with Crippen molar-refractivity contribution in [3.8, 4) is 0 Å². The molecular weight excluding hydrogens is 758 g/mol. The number of hydrogen-bond acceptors (Lipinski definition) is 7. The van der Waals surface area contributed by atoms with Gasteiger partial charge in [0.2, 0.25) is 0 Å². The molecule has 8 nitrogen and oxygen atoms in total. The molecule has 3 N–H and O–H groups in total. The molecule has 0 spiro atoms. The topological polar surface area (TPSA) is 117 Å². The second-order valence-corrected chi connectivity index (χ2v) is 18.1. The Bertz CT molecular complexity index is 1000. The fraction of sp³-hybridized carbons (Fsp3) is 0.860. The van der Waals surface area contributed by atoms with Crippen LogP contribution < -0.4 is 5.73 Å². The van der Waals surface area contributed by atoms with Gasteiger partial charge in [0.15, 0.2) is 0 Å². The lowest BCUT2D eigenvalue weighted by atomic mass is 10.0. The first kappa shape index (κ1) is 57.7. The van der Waals surface area contributed by atoms with Crippen molar-refractivity contribution in [2.24, 2.45) is 5.73 Å². The summed E-state index contributed by atoms with van der Waals surface area (Å²) >= 11 is 0. The Kier molecular flexibility index (Phi) is 46.7. The number of ether oxygens (including phenoxy) is 2. The fourth-order valence-electron chi connectivity index (χ4n) is 7.19. The molecule has 0 amide bonds. The van der Waals surface area contributed by atoms with Gasteiger partial charge in [-0.3, -0.25) is 13.8 Å². The summed E-state index contributed by atoms with van der Waals surface area (Å²) in [7, 11) is -4.28. The van der Waals surface area contributed by atoms with Crippen LogP contribution in [0, 0.1) is 0 Å². The quantitative estimate of drug-likeness (QED) is 0.0269. The summed E-state index contributed by atoms with van der Waals surface area (Å²) in [6.07, 6.45) is 56.1. The molecule has 9 heteroatoms. The van der Waals surface area contributed by atoms with Gasteiger partial charge in [0, 0.05) is 19.6 Å². The smallest absolute Gasteiger partial charge is 0.457 e. The average Bonchev–Trinajstić information content (AvgIpc) is 3.23. The van der Waals surface area contributed by atoms with Crippen molar-refractivity contribution in [3.05, 3.63) is 36.5 Å². The molecule has 0 aliphatic carbocycles. The molecule has 0 aromatic carbocycles. The molecule has 0 radical (unpaired) electrons. The molecule has 0 heterocycles. The van der Waals surface area contributed by atoms with Gasteiger partial charge in [-0.15, -0.1) is 0 Å². The van der Waals surface area contributed by atoms with Crippen molar-refractivity contribution in [1.82, 2.24) is 0 Å². The van der Waals surface area contributed by atoms with Crippen LogP contribution in [-0.2, 0) is 27.9 Å². The molecule has 2 unspecified atom stereocenters. The highest BCUT2D eigenvalue weighted by atomic mass is 31.2. The number of hydrogen-bond donors (Lipinski definition) is 2. The van der Waals surface area contributed by atoms with Crippen LogP contribution in [-0.4, -0.2) is 49.9 Å². The molecule has 0 aromatic rings. The van der Waals surface area contributed by atoms with Gasteiger partial charge in [0.05, 0.1) is 19.8 Å². The maximum absolute atomic E-state index is 12.6. The van der Waals surface area contributed by atoms with Crippen LogP contribution in [0.2, 0.25) is 0 Å². The van der Waals surface area contributed by atoms with Crippen molar-refractivity contribution < 1.29 is 32.8 Å². The van der Waals surface area contributed by atoms with Crippen LogP contribution in [0.1, 0.15) is 239 Å². The Morgan fingerprint density at radius 1 is 0.525 bits per heavy atom. The van der Waals surface area contributed by atoms with E-state index in [4.69, 9.17) is 24.3 Å². The van der Waals surface area contributed by atoms with Crippen molar-refractivity contribution >= 4 is 13.8 Å². The van der Waals surface area contributed by atoms with E-state index in [0.717, 1.165) is 64.2 Å². The SMILES string of the molecule is CC/C=C\C/C=C\C/C=C\CCCCCCCCOCC(COP(=O)(O)OCCN)OC(=O)CCCCCCCCCCCCCCCCCCCCCCCCCC. The van der Waals surface area contributed by atoms with Gasteiger partial charge in [-0.1, -0.05) is 224 Å². The highest BCUT2D eigenvalue weighted by Crippen LogP contribution is 2.43. The summed E-state index contributed by atoms with van der Waals surface area (Å²) in [5.74, 6) is -0.331. The molecule has 0 aromatic heterocycles. The Morgan fingerprint density at radius 2 is 0.949 bits per heavy atom. The third-order valence-electron chi connectivity index (χ3n) is 10.8. The number of allylic oxidation sites excluding steroid dienone is 6. The van der Waals surface area contributed by atoms with E-state index < -0.39 is 13.9 Å². The number of carbonyl (C=O) groups is 1. The van der Waals surface area contributed by atoms with Gasteiger partial charge in [0.1, 0.15) is 6.10 Å². The first-order valence-corrected chi connectivity index (χ1v) is 26.5. The Balaban J connectivity index is 3.90. The molecule has 0 fully saturated rings. The van der Waals surface area contributed by atoms with E-state index in [2.05, 4.69) is 50.3 Å². The standard InChI is InChI=1S/C50H96NO7P/c1-3-5-7-9-11-13-15-17-19-21-22-23-24-25-26-27-28-29-31-33-35-37-39-41-43-50(52)58-49(48-57-59(53,54)56-46-44-51)47-55-45-42-40-38-36-34-32-30-20-18-16-14-12-10-8-6-4-2/h6,8,12,14,18,20,49H,3-5,7,9-11,13,15-17,19,21-48,51H2,1-2H3,(H,53,54)/b8-6-,14-12-,20-18-. The van der Waals surface area contributed by atoms with Crippen molar-refractivity contribution in [1.29, 1.82) is 0 Å². The number of nitrogens with two attached hydrogens (primary N) is 1. The molecule has 2 atom stereocenters. The van der Waals surface area contributed by atoms with Gasteiger partial charge >= 0.3 is 13.8 Å². The zero-order valence-corrected chi connectivity index (χ0v) is 39.6. The van der Waals surface area contributed by atoms with Gasteiger partial charge in [-0.2, -0.15) is 0 Å². The highest BCUT2D eigenvalue weighted by molar-refractivity contribution is 7.47. The zero-order chi connectivity index (χ0) is 43.0. The van der Waals surface area contributed by atoms with E-state index in [1.165, 1.54) is 154 Å². The molecule has 0 aliphatic heterocycles. The minimum atomic E-state index is -4.28. The molecule has 348 valence electrons. The minimum absolute atomic E-state index is 0.0972. The highest BCUT2D eigenvalue weighted by Gasteiger charge is 2.25. The predicted octanol–water partition coefficient (Wildman–Crippen LogP) is 15.4. The summed E-state index contributed by atoms with van der Waals surface area (Å²) in [4.78, 5) is 22.6. The first-order valence-electron chi connectivity index (χ1n) is 25.0. The molecule has 0 rings (SSSR count). The largest absolute Gasteiger partial charge is 0.472 e. The van der Waals surface area contributed by atoms with Gasteiger partial charge in [-0.25, -0.2) is 4.57 Å². The third-order valence-corrected chi connectivity index (χ3v) is 11.8. The van der Waals surface area contributed by atoms with E-state index in [0.29, 0.717) is 13.0 Å². The third kappa shape index (κ3) is 47.6. The monoisotopic (exact) mass is 854 g/mol. The summed E-state index contributed by atoms with van der Waals surface area (Å²) in [6.45, 7) is 4.82. The van der Waals surface area contributed by atoms with Crippen molar-refractivity contribution in [2.75, 3.05) is 33.0 Å². The Labute approximate surface area is 365 Å². The van der Waals surface area contributed by atoms with E-state index in [-0.39, 0.29) is 32.3 Å². The van der Waals surface area contributed by atoms with Crippen LogP contribution in [0.3, 0.4) is 0 Å². The van der Waals surface area contributed by atoms with Gasteiger partial charge < -0.3 is 20.1 Å². The first-order chi connectivity index (χ1) is 28.9. The van der Waals surface area contributed by atoms with Gasteiger partial charge in [-0.05, 0) is 44.9 Å². The second-order valence-electron chi connectivity index (χ2n) is 16.7. The lowest BCUT2D eigenvalue weighted by Gasteiger charge is -2.20. The molecule has 59 heavy (non-hydrogen) atoms. The number of esters is 1. The predicted molar refractivity (Wildman–Crippen MR) is 252 cm³/mol. The number of phosphoric ester groups is 1. The summed E-state index contributed by atoms with van der Waals surface area (Å²) < 4.78 is 33.5. The van der Waals surface area contributed by atoms with Crippen LogP contribution in [0.25, 0.3) is 0 Å². The number of phosphoric acid groups is 1. The molecule has 0 bridgehead atoms. The Hall–Kier alpha value is -1.28. The lowest BCUT2D eigenvalue weighted by Crippen LogP contribution is -2.28. The number of carbonyl (C=O) groups excluding carboxylic acids is 1. The number of unbranched alkanes of at least 4 members (excludes halogenated alkanes) is 29. The minimum Gasteiger partial charge on any atom is -0.457 e. The summed E-state index contributed by atoms with van der Waals surface area (Å²) in [5.41, 5.74) is 5.38. The normalized spacial score (nSPS) is 13.6. The maximum Gasteiger partial charge on any atom is 0.472 e. The van der Waals surface area contributed by atoms with Crippen molar-refractivity contribution in [2.45, 2.75) is 245 Å². The van der Waals surface area contributed by atoms with Crippen LogP contribution in [0.5, 0.6) is 0 Å². The fourth-order valence-corrected chi connectivity index (χ4v) is 7.96. The average molecular weight is 854 g/mol.